The van der Waals surface area contributed by atoms with E-state index in [9.17, 15) is 4.79 Å². The van der Waals surface area contributed by atoms with Crippen LogP contribution in [0.1, 0.15) is 15.9 Å². The molecule has 2 heterocycles. The lowest BCUT2D eigenvalue weighted by Crippen LogP contribution is -2.31. The van der Waals surface area contributed by atoms with Crippen molar-refractivity contribution in [2.75, 3.05) is 24.7 Å². The van der Waals surface area contributed by atoms with E-state index in [0.717, 1.165) is 11.3 Å². The van der Waals surface area contributed by atoms with E-state index in [1.807, 2.05) is 60.7 Å². The Bertz CT molecular complexity index is 972. The highest BCUT2D eigenvalue weighted by molar-refractivity contribution is 6.06. The molecule has 0 spiro atoms. The Hall–Kier alpha value is -3.60. The summed E-state index contributed by atoms with van der Waals surface area (Å²) in [7, 11) is 0. The van der Waals surface area contributed by atoms with E-state index in [2.05, 4.69) is 4.98 Å². The SMILES string of the molecule is O=C(c1ccncc1)N(C/C=C/c1ccccc1)c1ccc2c(c1)OCCO2. The van der Waals surface area contributed by atoms with Crippen LogP contribution >= 0.6 is 0 Å². The van der Waals surface area contributed by atoms with E-state index in [1.54, 1.807) is 29.4 Å². The van der Waals surface area contributed by atoms with Crippen molar-refractivity contribution in [1.82, 2.24) is 4.98 Å². The highest BCUT2D eigenvalue weighted by Gasteiger charge is 2.20. The molecule has 1 aliphatic heterocycles. The molecule has 1 amide bonds. The number of amides is 1. The summed E-state index contributed by atoms with van der Waals surface area (Å²) in [6.07, 6.45) is 7.22. The van der Waals surface area contributed by atoms with Gasteiger partial charge < -0.3 is 14.4 Å². The van der Waals surface area contributed by atoms with Gasteiger partial charge in [0.1, 0.15) is 13.2 Å². The predicted molar refractivity (Wildman–Crippen MR) is 109 cm³/mol. The molecule has 0 unspecified atom stereocenters. The molecule has 0 N–H and O–H groups in total. The van der Waals surface area contributed by atoms with Crippen molar-refractivity contribution in [3.05, 3.63) is 90.3 Å². The van der Waals surface area contributed by atoms with Gasteiger partial charge in [-0.2, -0.15) is 0 Å². The summed E-state index contributed by atoms with van der Waals surface area (Å²) in [5.74, 6) is 1.26. The van der Waals surface area contributed by atoms with Gasteiger partial charge in [-0.05, 0) is 29.8 Å². The van der Waals surface area contributed by atoms with E-state index in [-0.39, 0.29) is 5.91 Å². The zero-order valence-electron chi connectivity index (χ0n) is 15.3. The van der Waals surface area contributed by atoms with Crippen molar-refractivity contribution in [2.45, 2.75) is 0 Å². The zero-order chi connectivity index (χ0) is 19.2. The van der Waals surface area contributed by atoms with Crippen LogP contribution in [0.5, 0.6) is 11.5 Å². The van der Waals surface area contributed by atoms with Gasteiger partial charge in [0, 0.05) is 36.3 Å². The quantitative estimate of drug-likeness (QED) is 0.673. The maximum Gasteiger partial charge on any atom is 0.258 e. The summed E-state index contributed by atoms with van der Waals surface area (Å²) < 4.78 is 11.3. The van der Waals surface area contributed by atoms with Crippen LogP contribution in [0.25, 0.3) is 6.08 Å². The highest BCUT2D eigenvalue weighted by atomic mass is 16.6. The fourth-order valence-corrected chi connectivity index (χ4v) is 3.01. The number of ether oxygens (including phenoxy) is 2. The number of hydrogen-bond acceptors (Lipinski definition) is 4. The van der Waals surface area contributed by atoms with Crippen LogP contribution in [0.15, 0.2) is 79.1 Å². The molecule has 1 aliphatic rings. The summed E-state index contributed by atoms with van der Waals surface area (Å²) in [6.45, 7) is 1.46. The van der Waals surface area contributed by atoms with Gasteiger partial charge in [0.15, 0.2) is 11.5 Å². The summed E-state index contributed by atoms with van der Waals surface area (Å²) in [5, 5.41) is 0. The van der Waals surface area contributed by atoms with Crippen molar-refractivity contribution < 1.29 is 14.3 Å². The molecule has 5 heteroatoms. The molecular weight excluding hydrogens is 352 g/mol. The van der Waals surface area contributed by atoms with Gasteiger partial charge in [0.25, 0.3) is 5.91 Å². The molecule has 0 atom stereocenters. The van der Waals surface area contributed by atoms with E-state index >= 15 is 0 Å². The second kappa shape index (κ2) is 8.39. The molecular formula is C23H20N2O3. The third-order valence-corrected chi connectivity index (χ3v) is 4.41. The number of aromatic nitrogens is 1. The number of nitrogens with zero attached hydrogens (tertiary/aromatic N) is 2. The summed E-state index contributed by atoms with van der Waals surface area (Å²) in [5.41, 5.74) is 2.42. The molecule has 0 aliphatic carbocycles. The first-order chi connectivity index (χ1) is 13.8. The van der Waals surface area contributed by atoms with Crippen molar-refractivity contribution in [3.8, 4) is 11.5 Å². The molecule has 2 aromatic carbocycles. The van der Waals surface area contributed by atoms with E-state index < -0.39 is 0 Å². The first kappa shape index (κ1) is 17.8. The Balaban J connectivity index is 1.63. The number of benzene rings is 2. The van der Waals surface area contributed by atoms with Crippen LogP contribution in [0, 0.1) is 0 Å². The minimum absolute atomic E-state index is 0.100. The van der Waals surface area contributed by atoms with Crippen LogP contribution in [-0.4, -0.2) is 30.6 Å². The minimum Gasteiger partial charge on any atom is -0.486 e. The maximum absolute atomic E-state index is 13.1. The molecule has 0 radical (unpaired) electrons. The van der Waals surface area contributed by atoms with Crippen LogP contribution in [0.3, 0.4) is 0 Å². The Morgan fingerprint density at radius 3 is 2.50 bits per heavy atom. The lowest BCUT2D eigenvalue weighted by Gasteiger charge is -2.24. The fourth-order valence-electron chi connectivity index (χ4n) is 3.01. The topological polar surface area (TPSA) is 51.7 Å². The molecule has 3 aromatic rings. The maximum atomic E-state index is 13.1. The predicted octanol–water partition coefficient (Wildman–Crippen LogP) is 4.21. The van der Waals surface area contributed by atoms with Crippen molar-refractivity contribution in [2.24, 2.45) is 0 Å². The zero-order valence-corrected chi connectivity index (χ0v) is 15.3. The van der Waals surface area contributed by atoms with Crippen molar-refractivity contribution in [3.63, 3.8) is 0 Å². The lowest BCUT2D eigenvalue weighted by molar-refractivity contribution is 0.0989. The number of hydrogen-bond donors (Lipinski definition) is 0. The average molecular weight is 372 g/mol. The number of anilines is 1. The smallest absolute Gasteiger partial charge is 0.258 e. The molecule has 140 valence electrons. The molecule has 0 saturated heterocycles. The third-order valence-electron chi connectivity index (χ3n) is 4.41. The molecule has 5 nitrogen and oxygen atoms in total. The average Bonchev–Trinajstić information content (AvgIpc) is 2.77. The monoisotopic (exact) mass is 372 g/mol. The number of rotatable bonds is 5. The van der Waals surface area contributed by atoms with Crippen LogP contribution < -0.4 is 14.4 Å². The van der Waals surface area contributed by atoms with Crippen LogP contribution in [-0.2, 0) is 0 Å². The second-order valence-electron chi connectivity index (χ2n) is 6.29. The van der Waals surface area contributed by atoms with E-state index in [1.165, 1.54) is 0 Å². The Labute approximate surface area is 163 Å². The Kier molecular flexibility index (Phi) is 5.33. The number of fused-ring (bicyclic) bond motifs is 1. The Morgan fingerprint density at radius 2 is 1.71 bits per heavy atom. The first-order valence-corrected chi connectivity index (χ1v) is 9.14. The number of carbonyl (C=O) groups excluding carboxylic acids is 1. The van der Waals surface area contributed by atoms with Gasteiger partial charge in [-0.25, -0.2) is 0 Å². The van der Waals surface area contributed by atoms with Gasteiger partial charge in [-0.15, -0.1) is 0 Å². The van der Waals surface area contributed by atoms with E-state index in [4.69, 9.17) is 9.47 Å². The molecule has 4 rings (SSSR count). The number of carbonyl (C=O) groups is 1. The molecule has 0 fully saturated rings. The van der Waals surface area contributed by atoms with Crippen molar-refractivity contribution >= 4 is 17.7 Å². The largest absolute Gasteiger partial charge is 0.486 e. The lowest BCUT2D eigenvalue weighted by atomic mass is 10.1. The van der Waals surface area contributed by atoms with E-state index in [0.29, 0.717) is 36.8 Å². The highest BCUT2D eigenvalue weighted by Crippen LogP contribution is 2.34. The standard InChI is InChI=1S/C23H20N2O3/c26-23(19-10-12-24-13-11-19)25(14-4-7-18-5-2-1-3-6-18)20-8-9-21-22(17-20)28-16-15-27-21/h1-13,17H,14-16H2/b7-4+. The van der Waals surface area contributed by atoms with Crippen LogP contribution in [0.4, 0.5) is 5.69 Å². The molecule has 0 bridgehead atoms. The van der Waals surface area contributed by atoms with Gasteiger partial charge in [0.05, 0.1) is 0 Å². The fraction of sp³-hybridized carbons (Fsp3) is 0.130. The normalized spacial score (nSPS) is 12.7. The van der Waals surface area contributed by atoms with Gasteiger partial charge in [-0.3, -0.25) is 9.78 Å². The van der Waals surface area contributed by atoms with Gasteiger partial charge in [-0.1, -0.05) is 42.5 Å². The minimum atomic E-state index is -0.100. The molecule has 0 saturated carbocycles. The first-order valence-electron chi connectivity index (χ1n) is 9.14. The Morgan fingerprint density at radius 1 is 0.964 bits per heavy atom. The summed E-state index contributed by atoms with van der Waals surface area (Å²) >= 11 is 0. The van der Waals surface area contributed by atoms with Crippen LogP contribution in [0.2, 0.25) is 0 Å². The number of pyridine rings is 1. The molecule has 28 heavy (non-hydrogen) atoms. The third kappa shape index (κ3) is 4.04. The summed E-state index contributed by atoms with van der Waals surface area (Å²) in [4.78, 5) is 18.9. The molecule has 1 aromatic heterocycles. The van der Waals surface area contributed by atoms with Gasteiger partial charge in [0.2, 0.25) is 0 Å². The van der Waals surface area contributed by atoms with Crippen molar-refractivity contribution in [1.29, 1.82) is 0 Å². The summed E-state index contributed by atoms with van der Waals surface area (Å²) in [6, 6.07) is 19.0. The second-order valence-corrected chi connectivity index (χ2v) is 6.29. The van der Waals surface area contributed by atoms with Gasteiger partial charge >= 0.3 is 0 Å².